The zero-order valence-corrected chi connectivity index (χ0v) is 24.3. The number of carbonyl (C=O) groups excluding carboxylic acids is 4. The van der Waals surface area contributed by atoms with Gasteiger partial charge in [0.05, 0.1) is 19.2 Å². The maximum Gasteiger partial charge on any atom is 0.408 e. The summed E-state index contributed by atoms with van der Waals surface area (Å²) in [6, 6.07) is 5.36. The van der Waals surface area contributed by atoms with Gasteiger partial charge in [0.1, 0.15) is 29.0 Å². The first-order chi connectivity index (χ1) is 18.8. The molecule has 0 aromatic heterocycles. The zero-order valence-electron chi connectivity index (χ0n) is 24.3. The number of nitrogens with zero attached hydrogens (tertiary/aromatic N) is 2. The Balaban J connectivity index is 1.57. The Hall–Kier alpha value is -3.34. The molecule has 0 spiro atoms. The first-order valence-corrected chi connectivity index (χ1v) is 14.0. The smallest absolute Gasteiger partial charge is 0.408 e. The van der Waals surface area contributed by atoms with Crippen LogP contribution in [0.25, 0.3) is 0 Å². The van der Waals surface area contributed by atoms with Crippen molar-refractivity contribution in [2.45, 2.75) is 95.7 Å². The van der Waals surface area contributed by atoms with Crippen molar-refractivity contribution in [2.75, 3.05) is 26.8 Å². The van der Waals surface area contributed by atoms with Crippen LogP contribution in [0.3, 0.4) is 0 Å². The first-order valence-electron chi connectivity index (χ1n) is 14.0. The highest BCUT2D eigenvalue weighted by Gasteiger charge is 2.47. The molecule has 3 aliphatic heterocycles. The van der Waals surface area contributed by atoms with Crippen LogP contribution in [-0.4, -0.2) is 89.7 Å². The summed E-state index contributed by atoms with van der Waals surface area (Å²) in [6.45, 7) is 9.31. The van der Waals surface area contributed by atoms with Gasteiger partial charge in [-0.3, -0.25) is 14.4 Å². The summed E-state index contributed by atoms with van der Waals surface area (Å²) in [5.74, 6) is -0.176. The van der Waals surface area contributed by atoms with Crippen LogP contribution in [0.1, 0.15) is 71.9 Å². The van der Waals surface area contributed by atoms with Gasteiger partial charge in [0.25, 0.3) is 5.91 Å². The average molecular weight is 559 g/mol. The van der Waals surface area contributed by atoms with E-state index in [1.165, 1.54) is 7.11 Å². The number of alkyl carbamates (subject to hydrolysis) is 1. The Morgan fingerprint density at radius 3 is 2.40 bits per heavy atom. The van der Waals surface area contributed by atoms with Gasteiger partial charge in [0.15, 0.2) is 0 Å². The molecule has 1 aromatic rings. The molecule has 0 unspecified atom stereocenters. The van der Waals surface area contributed by atoms with Crippen LogP contribution in [0.15, 0.2) is 24.3 Å². The number of hydrogen-bond donors (Lipinski definition) is 2. The minimum atomic E-state index is -1.10. The monoisotopic (exact) mass is 558 g/mol. The maximum absolute atomic E-state index is 14.1. The molecule has 2 N–H and O–H groups in total. The molecule has 4 atom stereocenters. The highest BCUT2D eigenvalue weighted by molar-refractivity contribution is 5.93. The van der Waals surface area contributed by atoms with E-state index in [1.807, 2.05) is 24.3 Å². The van der Waals surface area contributed by atoms with Gasteiger partial charge in [-0.1, -0.05) is 18.2 Å². The lowest BCUT2D eigenvalue weighted by Gasteiger charge is -2.40. The van der Waals surface area contributed by atoms with Crippen LogP contribution in [0, 0.1) is 0 Å². The number of rotatable bonds is 5. The molecule has 2 saturated heterocycles. The Bertz CT molecular complexity index is 1130. The van der Waals surface area contributed by atoms with Crippen LogP contribution in [0.5, 0.6) is 5.75 Å². The van der Waals surface area contributed by atoms with E-state index in [0.29, 0.717) is 38.8 Å². The van der Waals surface area contributed by atoms with E-state index in [4.69, 9.17) is 14.2 Å². The van der Waals surface area contributed by atoms with Gasteiger partial charge in [-0.05, 0) is 59.9 Å². The fraction of sp³-hybridized carbons (Fsp3) is 0.655. The van der Waals surface area contributed by atoms with Gasteiger partial charge in [0.2, 0.25) is 11.8 Å². The molecule has 0 bridgehead atoms. The number of ether oxygens (including phenoxy) is 3. The minimum absolute atomic E-state index is 0.0609. The molecule has 2 fully saturated rings. The van der Waals surface area contributed by atoms with Crippen LogP contribution in [-0.2, 0) is 23.9 Å². The maximum atomic E-state index is 14.1. The molecule has 0 radical (unpaired) electrons. The third-order valence-corrected chi connectivity index (χ3v) is 7.77. The van der Waals surface area contributed by atoms with Crippen molar-refractivity contribution in [1.82, 2.24) is 20.4 Å². The van der Waals surface area contributed by atoms with E-state index >= 15 is 0 Å². The number of carbonyl (C=O) groups is 4. The second-order valence-corrected chi connectivity index (χ2v) is 12.2. The summed E-state index contributed by atoms with van der Waals surface area (Å²) in [5.41, 5.74) is -0.966. The summed E-state index contributed by atoms with van der Waals surface area (Å²) in [7, 11) is 1.46. The van der Waals surface area contributed by atoms with Crippen molar-refractivity contribution in [1.29, 1.82) is 0 Å². The van der Waals surface area contributed by atoms with E-state index in [0.717, 1.165) is 11.3 Å². The lowest BCUT2D eigenvalue weighted by Crippen LogP contribution is -2.62. The molecule has 4 amide bonds. The number of amides is 4. The summed E-state index contributed by atoms with van der Waals surface area (Å²) >= 11 is 0. The Morgan fingerprint density at radius 2 is 1.70 bits per heavy atom. The summed E-state index contributed by atoms with van der Waals surface area (Å²) < 4.78 is 16.6. The predicted octanol–water partition coefficient (Wildman–Crippen LogP) is 2.54. The topological polar surface area (TPSA) is 127 Å². The highest BCUT2D eigenvalue weighted by atomic mass is 16.6. The molecule has 3 heterocycles. The number of hydrogen-bond acceptors (Lipinski definition) is 7. The molecule has 11 nitrogen and oxygen atoms in total. The van der Waals surface area contributed by atoms with Gasteiger partial charge in [-0.2, -0.15) is 0 Å². The third-order valence-electron chi connectivity index (χ3n) is 7.77. The van der Waals surface area contributed by atoms with Crippen LogP contribution >= 0.6 is 0 Å². The quantitative estimate of drug-likeness (QED) is 0.569. The average Bonchev–Trinajstić information content (AvgIpc) is 3.31. The van der Waals surface area contributed by atoms with Crippen LogP contribution in [0.4, 0.5) is 4.79 Å². The van der Waals surface area contributed by atoms with Crippen molar-refractivity contribution in [3.8, 4) is 5.75 Å². The molecule has 220 valence electrons. The van der Waals surface area contributed by atoms with Crippen LogP contribution < -0.4 is 15.4 Å². The van der Waals surface area contributed by atoms with Crippen molar-refractivity contribution in [3.05, 3.63) is 29.8 Å². The number of fused-ring (bicyclic) bond motifs is 2. The third kappa shape index (κ3) is 6.51. The van der Waals surface area contributed by atoms with Crippen molar-refractivity contribution in [3.63, 3.8) is 0 Å². The molecule has 40 heavy (non-hydrogen) atoms. The molecule has 1 aromatic carbocycles. The van der Waals surface area contributed by atoms with Crippen molar-refractivity contribution < 1.29 is 33.4 Å². The number of nitrogens with one attached hydrogen (secondary N) is 2. The zero-order chi connectivity index (χ0) is 29.2. The lowest BCUT2D eigenvalue weighted by molar-refractivity contribution is -0.154. The Morgan fingerprint density at radius 1 is 0.975 bits per heavy atom. The van der Waals surface area contributed by atoms with Gasteiger partial charge in [0, 0.05) is 31.7 Å². The number of methoxy groups -OCH3 is 1. The van der Waals surface area contributed by atoms with Gasteiger partial charge in [-0.25, -0.2) is 4.79 Å². The first kappa shape index (κ1) is 29.6. The van der Waals surface area contributed by atoms with Gasteiger partial charge >= 0.3 is 6.09 Å². The van der Waals surface area contributed by atoms with Crippen molar-refractivity contribution >= 4 is 23.8 Å². The molecular formula is C29H42N4O7. The summed E-state index contributed by atoms with van der Waals surface area (Å²) in [4.78, 5) is 57.0. The number of benzene rings is 1. The molecular weight excluding hydrogens is 516 g/mol. The fourth-order valence-electron chi connectivity index (χ4n) is 5.60. The molecule has 4 rings (SSSR count). The van der Waals surface area contributed by atoms with E-state index in [-0.39, 0.29) is 30.4 Å². The predicted molar refractivity (Wildman–Crippen MR) is 147 cm³/mol. The normalized spacial score (nSPS) is 25.1. The molecule has 0 saturated carbocycles. The second kappa shape index (κ2) is 11.6. The lowest BCUT2D eigenvalue weighted by atomic mass is 10.00. The van der Waals surface area contributed by atoms with Gasteiger partial charge < -0.3 is 34.6 Å². The summed E-state index contributed by atoms with van der Waals surface area (Å²) in [6.07, 6.45) is 1.48. The minimum Gasteiger partial charge on any atom is -0.493 e. The number of para-hydroxylation sites is 1. The van der Waals surface area contributed by atoms with E-state index < -0.39 is 35.3 Å². The fourth-order valence-corrected chi connectivity index (χ4v) is 5.60. The van der Waals surface area contributed by atoms with E-state index in [2.05, 4.69) is 10.6 Å². The summed E-state index contributed by atoms with van der Waals surface area (Å²) in [5, 5.41) is 5.82. The second-order valence-electron chi connectivity index (χ2n) is 12.2. The van der Waals surface area contributed by atoms with Gasteiger partial charge in [-0.15, -0.1) is 0 Å². The van der Waals surface area contributed by atoms with E-state index in [9.17, 15) is 19.2 Å². The van der Waals surface area contributed by atoms with Crippen LogP contribution in [0.2, 0.25) is 0 Å². The Labute approximate surface area is 235 Å². The van der Waals surface area contributed by atoms with Crippen molar-refractivity contribution in [2.24, 2.45) is 0 Å². The largest absolute Gasteiger partial charge is 0.493 e. The SMILES string of the molecule is COC(C)(C)C(=O)N1CC[C@H]2CC[C@@H](C(=O)N[C@@H]3CCOc4ccccc43)N2C(=O)[C@@H](NC(=O)OC(C)(C)C)C1. The van der Waals surface area contributed by atoms with E-state index in [1.54, 1.807) is 44.4 Å². The highest BCUT2D eigenvalue weighted by Crippen LogP contribution is 2.34. The Kier molecular flexibility index (Phi) is 8.63. The molecule has 3 aliphatic rings. The molecule has 0 aliphatic carbocycles. The standard InChI is InChI=1S/C29H42N4O7/c1-28(2,3)40-27(37)31-21-17-32(26(36)29(4,5)38-6)15-13-18-11-12-22(33(18)25(21)35)24(34)30-20-14-16-39-23-10-8-7-9-19(20)23/h7-10,18,20-22H,11-17H2,1-6H3,(H,30,34)(H,31,37)/t18-,20-,21+,22+/m1/s1. The molecule has 11 heteroatoms.